The van der Waals surface area contributed by atoms with Crippen LogP contribution in [0.1, 0.15) is 23.9 Å². The molecule has 2 amide bonds. The molecule has 33 heavy (non-hydrogen) atoms. The van der Waals surface area contributed by atoms with Crippen LogP contribution < -0.4 is 15.0 Å². The summed E-state index contributed by atoms with van der Waals surface area (Å²) in [7, 11) is 0. The summed E-state index contributed by atoms with van der Waals surface area (Å²) in [4.78, 5) is 26.8. The lowest BCUT2D eigenvalue weighted by Crippen LogP contribution is -2.54. The molecule has 0 spiro atoms. The Morgan fingerprint density at radius 2 is 1.79 bits per heavy atom. The van der Waals surface area contributed by atoms with E-state index in [1.165, 1.54) is 24.3 Å². The third kappa shape index (κ3) is 4.17. The van der Waals surface area contributed by atoms with Crippen LogP contribution in [0.25, 0.3) is 11.8 Å². The van der Waals surface area contributed by atoms with Gasteiger partial charge in [0, 0.05) is 17.1 Å². The second-order valence-corrected chi connectivity index (χ2v) is 7.88. The lowest BCUT2D eigenvalue weighted by Gasteiger charge is -2.29. The zero-order valence-corrected chi connectivity index (χ0v) is 19.2. The Bertz CT molecular complexity index is 1290. The Balaban J connectivity index is 1.73. The number of amides is 2. The Kier molecular flexibility index (Phi) is 6.11. The molecule has 2 aromatic carbocycles. The second kappa shape index (κ2) is 8.99. The lowest BCUT2D eigenvalue weighted by atomic mass is 10.1. The van der Waals surface area contributed by atoms with Gasteiger partial charge in [0.25, 0.3) is 11.8 Å². The molecule has 0 atom stereocenters. The quantitative estimate of drug-likeness (QED) is 0.345. The molecule has 6 nitrogen and oxygen atoms in total. The van der Waals surface area contributed by atoms with E-state index in [9.17, 15) is 14.0 Å². The molecule has 3 aromatic rings. The predicted octanol–water partition coefficient (Wildman–Crippen LogP) is 4.46. The number of carbonyl (C=O) groups is 2. The number of aryl methyl sites for hydroxylation is 1. The van der Waals surface area contributed by atoms with Crippen molar-refractivity contribution in [3.05, 3.63) is 82.9 Å². The number of thiocarbonyl (C=S) groups is 1. The monoisotopic (exact) mass is 463 g/mol. The molecule has 1 aliphatic heterocycles. The fourth-order valence-corrected chi connectivity index (χ4v) is 4.13. The van der Waals surface area contributed by atoms with Crippen LogP contribution in [0.2, 0.25) is 0 Å². The van der Waals surface area contributed by atoms with E-state index < -0.39 is 17.6 Å². The molecule has 1 fully saturated rings. The molecule has 0 saturated carbocycles. The average Bonchev–Trinajstić information content (AvgIpc) is 3.06. The molecule has 0 unspecified atom stereocenters. The molecule has 0 bridgehead atoms. The standard InChI is InChI=1S/C25H22FN3O3S/c1-4-32-19-11-9-18(10-12-19)28-15(2)13-17(16(28)3)14-20-23(30)27-25(33)29(24(20)31)22-8-6-5-7-21(22)26/h5-14H,4H2,1-3H3,(H,27,30,33)/b20-14+. The van der Waals surface area contributed by atoms with Crippen molar-refractivity contribution in [1.29, 1.82) is 0 Å². The molecule has 168 valence electrons. The van der Waals surface area contributed by atoms with E-state index in [-0.39, 0.29) is 16.4 Å². The van der Waals surface area contributed by atoms with Crippen LogP contribution in [0.15, 0.2) is 60.2 Å². The maximum atomic E-state index is 14.4. The van der Waals surface area contributed by atoms with Gasteiger partial charge in [-0.2, -0.15) is 0 Å². The number of benzene rings is 2. The van der Waals surface area contributed by atoms with Crippen molar-refractivity contribution in [3.8, 4) is 11.4 Å². The van der Waals surface area contributed by atoms with Crippen LogP contribution in [0, 0.1) is 19.7 Å². The van der Waals surface area contributed by atoms with Gasteiger partial charge < -0.3 is 9.30 Å². The zero-order chi connectivity index (χ0) is 23.7. The fraction of sp³-hybridized carbons (Fsp3) is 0.160. The minimum Gasteiger partial charge on any atom is -0.494 e. The van der Waals surface area contributed by atoms with Gasteiger partial charge in [0.1, 0.15) is 17.1 Å². The molecule has 1 aliphatic rings. The first-order chi connectivity index (χ1) is 15.8. The maximum absolute atomic E-state index is 14.4. The molecule has 1 saturated heterocycles. The van der Waals surface area contributed by atoms with Gasteiger partial charge in [-0.15, -0.1) is 0 Å². The molecule has 1 aromatic heterocycles. The van der Waals surface area contributed by atoms with E-state index in [2.05, 4.69) is 5.32 Å². The van der Waals surface area contributed by atoms with Crippen LogP contribution in [0.3, 0.4) is 0 Å². The van der Waals surface area contributed by atoms with Crippen LogP contribution >= 0.6 is 12.2 Å². The summed E-state index contributed by atoms with van der Waals surface area (Å²) in [6.07, 6.45) is 1.51. The van der Waals surface area contributed by atoms with Crippen molar-refractivity contribution in [2.75, 3.05) is 11.5 Å². The van der Waals surface area contributed by atoms with Gasteiger partial charge in [0.15, 0.2) is 5.11 Å². The van der Waals surface area contributed by atoms with Gasteiger partial charge in [-0.1, -0.05) is 12.1 Å². The van der Waals surface area contributed by atoms with Gasteiger partial charge in [0.05, 0.1) is 12.3 Å². The minimum absolute atomic E-state index is 0.0155. The van der Waals surface area contributed by atoms with Crippen molar-refractivity contribution >= 4 is 40.9 Å². The molecule has 0 aliphatic carbocycles. The lowest BCUT2D eigenvalue weighted by molar-refractivity contribution is -0.122. The number of anilines is 1. The molecule has 1 N–H and O–H groups in total. The number of aromatic nitrogens is 1. The maximum Gasteiger partial charge on any atom is 0.270 e. The topological polar surface area (TPSA) is 63.6 Å². The SMILES string of the molecule is CCOc1ccc(-n2c(C)cc(/C=C3\C(=O)NC(=S)N(c4ccccc4F)C3=O)c2C)cc1. The van der Waals surface area contributed by atoms with E-state index in [0.717, 1.165) is 27.7 Å². The first kappa shape index (κ1) is 22.4. The predicted molar refractivity (Wildman–Crippen MR) is 129 cm³/mol. The number of nitrogens with one attached hydrogen (secondary N) is 1. The van der Waals surface area contributed by atoms with Crippen molar-refractivity contribution in [2.45, 2.75) is 20.8 Å². The van der Waals surface area contributed by atoms with Crippen molar-refractivity contribution < 1.29 is 18.7 Å². The van der Waals surface area contributed by atoms with Crippen molar-refractivity contribution in [2.24, 2.45) is 0 Å². The summed E-state index contributed by atoms with van der Waals surface area (Å²) in [5, 5.41) is 2.33. The first-order valence-corrected chi connectivity index (χ1v) is 10.8. The number of carbonyl (C=O) groups excluding carboxylic acids is 2. The highest BCUT2D eigenvalue weighted by molar-refractivity contribution is 7.80. The second-order valence-electron chi connectivity index (χ2n) is 7.50. The van der Waals surface area contributed by atoms with E-state index in [0.29, 0.717) is 12.2 Å². The first-order valence-electron chi connectivity index (χ1n) is 10.4. The summed E-state index contributed by atoms with van der Waals surface area (Å²) >= 11 is 5.15. The fourth-order valence-electron chi connectivity index (χ4n) is 3.85. The highest BCUT2D eigenvalue weighted by atomic mass is 32.1. The van der Waals surface area contributed by atoms with Crippen LogP contribution in [-0.2, 0) is 9.59 Å². The average molecular weight is 464 g/mol. The number of para-hydroxylation sites is 1. The summed E-state index contributed by atoms with van der Waals surface area (Å²) in [6.45, 7) is 6.36. The van der Waals surface area contributed by atoms with Gasteiger partial charge in [-0.25, -0.2) is 9.29 Å². The highest BCUT2D eigenvalue weighted by Gasteiger charge is 2.35. The number of nitrogens with zero attached hydrogens (tertiary/aromatic N) is 2. The number of halogens is 1. The van der Waals surface area contributed by atoms with E-state index in [4.69, 9.17) is 17.0 Å². The van der Waals surface area contributed by atoms with Gasteiger partial charge in [-0.3, -0.25) is 14.9 Å². The summed E-state index contributed by atoms with van der Waals surface area (Å²) in [5.74, 6) is -1.14. The third-order valence-corrected chi connectivity index (χ3v) is 5.66. The number of ether oxygens (including phenoxy) is 1. The van der Waals surface area contributed by atoms with E-state index in [1.807, 2.05) is 55.7 Å². The minimum atomic E-state index is -0.681. The number of hydrogen-bond acceptors (Lipinski definition) is 4. The summed E-state index contributed by atoms with van der Waals surface area (Å²) in [6, 6.07) is 15.3. The Morgan fingerprint density at radius 3 is 2.45 bits per heavy atom. The Morgan fingerprint density at radius 1 is 1.09 bits per heavy atom. The van der Waals surface area contributed by atoms with Crippen LogP contribution in [-0.4, -0.2) is 28.1 Å². The molecule has 4 rings (SSSR count). The molecular weight excluding hydrogens is 441 g/mol. The van der Waals surface area contributed by atoms with Crippen molar-refractivity contribution in [3.63, 3.8) is 0 Å². The van der Waals surface area contributed by atoms with E-state index in [1.54, 1.807) is 6.07 Å². The largest absolute Gasteiger partial charge is 0.494 e. The van der Waals surface area contributed by atoms with Gasteiger partial charge >= 0.3 is 0 Å². The normalized spacial score (nSPS) is 15.2. The Labute approximate surface area is 196 Å². The summed E-state index contributed by atoms with van der Waals surface area (Å²) < 4.78 is 21.9. The highest BCUT2D eigenvalue weighted by Crippen LogP contribution is 2.27. The van der Waals surface area contributed by atoms with Crippen LogP contribution in [0.4, 0.5) is 10.1 Å². The van der Waals surface area contributed by atoms with Gasteiger partial charge in [0.2, 0.25) is 0 Å². The smallest absolute Gasteiger partial charge is 0.270 e. The van der Waals surface area contributed by atoms with E-state index >= 15 is 0 Å². The Hall–Kier alpha value is -3.78. The van der Waals surface area contributed by atoms with Gasteiger partial charge in [-0.05, 0) is 87.1 Å². The molecular formula is C25H22FN3O3S. The molecule has 2 heterocycles. The van der Waals surface area contributed by atoms with Crippen molar-refractivity contribution in [1.82, 2.24) is 9.88 Å². The molecule has 0 radical (unpaired) electrons. The summed E-state index contributed by atoms with van der Waals surface area (Å²) in [5.41, 5.74) is 3.24. The van der Waals surface area contributed by atoms with Crippen LogP contribution in [0.5, 0.6) is 5.75 Å². The molecule has 8 heteroatoms. The number of rotatable bonds is 5. The number of hydrogen-bond donors (Lipinski definition) is 1. The third-order valence-electron chi connectivity index (χ3n) is 5.37. The zero-order valence-electron chi connectivity index (χ0n) is 18.4.